The number of likely N-dealkylation sites (tertiary alicyclic amines) is 2. The number of nitrogens with zero attached hydrogens (tertiary/aromatic N) is 4. The van der Waals surface area contributed by atoms with E-state index in [9.17, 15) is 19.2 Å². The van der Waals surface area contributed by atoms with Gasteiger partial charge < -0.3 is 44.6 Å². The van der Waals surface area contributed by atoms with Gasteiger partial charge in [-0.25, -0.2) is 19.6 Å². The molecule has 0 unspecified atom stereocenters. The van der Waals surface area contributed by atoms with Crippen molar-refractivity contribution in [2.24, 2.45) is 11.8 Å². The molecule has 2 saturated heterocycles. The van der Waals surface area contributed by atoms with Gasteiger partial charge in [-0.2, -0.15) is 0 Å². The molecular formula is C44H52N8O7. The number of hydrogen-bond donors (Lipinski definition) is 4. The molecule has 2 aliphatic heterocycles. The summed E-state index contributed by atoms with van der Waals surface area (Å²) in [4.78, 5) is 72.5. The number of nitrogens with one attached hydrogen (secondary N) is 4. The maximum Gasteiger partial charge on any atom is 0.407 e. The van der Waals surface area contributed by atoms with Gasteiger partial charge in [0.05, 0.1) is 55.3 Å². The molecular weight excluding hydrogens is 753 g/mol. The fraction of sp³-hybridized carbons (Fsp3) is 0.455. The molecule has 4 amide bonds. The summed E-state index contributed by atoms with van der Waals surface area (Å²) >= 11 is 0. The highest BCUT2D eigenvalue weighted by molar-refractivity contribution is 6.05. The first-order chi connectivity index (χ1) is 28.5. The molecule has 1 saturated carbocycles. The number of carbonyl (C=O) groups excluding carboxylic acids is 4. The molecule has 2 aromatic heterocycles. The number of hydrogen-bond acceptors (Lipinski definition) is 9. The lowest BCUT2D eigenvalue weighted by atomic mass is 9.97. The molecule has 3 aliphatic rings. The monoisotopic (exact) mass is 804 g/mol. The van der Waals surface area contributed by atoms with E-state index in [1.807, 2.05) is 29.7 Å². The number of fused-ring (bicyclic) bond motifs is 5. The van der Waals surface area contributed by atoms with Crippen molar-refractivity contribution in [1.29, 1.82) is 0 Å². The molecule has 4 N–H and O–H groups in total. The zero-order valence-corrected chi connectivity index (χ0v) is 34.3. The minimum Gasteiger partial charge on any atom is -0.453 e. The van der Waals surface area contributed by atoms with Crippen LogP contribution >= 0.6 is 0 Å². The van der Waals surface area contributed by atoms with Gasteiger partial charge in [0.15, 0.2) is 0 Å². The molecule has 59 heavy (non-hydrogen) atoms. The van der Waals surface area contributed by atoms with Gasteiger partial charge in [-0.05, 0) is 85.1 Å². The molecule has 310 valence electrons. The first-order valence-corrected chi connectivity index (χ1v) is 20.4. The zero-order valence-electron chi connectivity index (χ0n) is 34.3. The third-order valence-corrected chi connectivity index (χ3v) is 12.5. The summed E-state index contributed by atoms with van der Waals surface area (Å²) in [6.07, 6.45) is 4.37. The maximum atomic E-state index is 14.1. The highest BCUT2D eigenvalue weighted by atomic mass is 16.5. The van der Waals surface area contributed by atoms with Gasteiger partial charge >= 0.3 is 12.2 Å². The van der Waals surface area contributed by atoms with Crippen molar-refractivity contribution in [3.63, 3.8) is 0 Å². The van der Waals surface area contributed by atoms with Gasteiger partial charge in [0.25, 0.3) is 0 Å². The van der Waals surface area contributed by atoms with Crippen molar-refractivity contribution in [2.75, 3.05) is 27.9 Å². The minimum absolute atomic E-state index is 0.0619. The summed E-state index contributed by atoms with van der Waals surface area (Å²) in [5, 5.41) is 7.45. The second-order valence-corrected chi connectivity index (χ2v) is 16.3. The van der Waals surface area contributed by atoms with Crippen molar-refractivity contribution in [3.05, 3.63) is 72.4 Å². The average Bonchev–Trinajstić information content (AvgIpc) is 4.11. The van der Waals surface area contributed by atoms with E-state index >= 15 is 0 Å². The molecule has 0 spiro atoms. The first-order valence-electron chi connectivity index (χ1n) is 20.4. The van der Waals surface area contributed by atoms with Gasteiger partial charge in [0.2, 0.25) is 11.8 Å². The van der Waals surface area contributed by atoms with Crippen LogP contribution in [0, 0.1) is 11.8 Å². The topological polar surface area (TPSA) is 184 Å². The van der Waals surface area contributed by atoms with Crippen LogP contribution in [0.5, 0.6) is 0 Å². The average molecular weight is 805 g/mol. The van der Waals surface area contributed by atoms with Crippen LogP contribution in [0.4, 0.5) is 9.59 Å². The smallest absolute Gasteiger partial charge is 0.407 e. The maximum absolute atomic E-state index is 14.1. The quantitative estimate of drug-likeness (QED) is 0.114. The number of ether oxygens (including phenoxy) is 3. The van der Waals surface area contributed by atoms with Crippen molar-refractivity contribution >= 4 is 45.8 Å². The number of benzene rings is 3. The Bertz CT molecular complexity index is 2370. The van der Waals surface area contributed by atoms with E-state index in [4.69, 9.17) is 24.2 Å². The van der Waals surface area contributed by atoms with Crippen LogP contribution in [0.1, 0.15) is 76.6 Å². The summed E-state index contributed by atoms with van der Waals surface area (Å²) in [6, 6.07) is 16.8. The number of methoxy groups -OCH3 is 3. The number of imidazole rings is 2. The van der Waals surface area contributed by atoms with Crippen LogP contribution in [0.15, 0.2) is 60.8 Å². The van der Waals surface area contributed by atoms with Gasteiger partial charge in [-0.15, -0.1) is 0 Å². The number of alkyl carbamates (subject to hydrolysis) is 2. The Morgan fingerprint density at radius 1 is 0.797 bits per heavy atom. The Balaban J connectivity index is 1.00. The molecule has 8 rings (SSSR count). The van der Waals surface area contributed by atoms with E-state index in [0.717, 1.165) is 87.9 Å². The molecule has 3 fully saturated rings. The van der Waals surface area contributed by atoms with E-state index < -0.39 is 30.4 Å². The molecule has 2 bridgehead atoms. The van der Waals surface area contributed by atoms with E-state index in [-0.39, 0.29) is 41.8 Å². The van der Waals surface area contributed by atoms with Crippen LogP contribution in [0.2, 0.25) is 0 Å². The fourth-order valence-electron chi connectivity index (χ4n) is 9.35. The van der Waals surface area contributed by atoms with Crippen molar-refractivity contribution in [3.8, 4) is 22.4 Å². The third-order valence-electron chi connectivity index (χ3n) is 12.5. The van der Waals surface area contributed by atoms with Crippen LogP contribution < -0.4 is 10.6 Å². The summed E-state index contributed by atoms with van der Waals surface area (Å²) in [5.74, 6) is 1.28. The van der Waals surface area contributed by atoms with Crippen LogP contribution in [0.25, 0.3) is 44.2 Å². The largest absolute Gasteiger partial charge is 0.453 e. The molecule has 0 radical (unpaired) electrons. The summed E-state index contributed by atoms with van der Waals surface area (Å²) in [5.41, 5.74) is 5.69. The summed E-state index contributed by atoms with van der Waals surface area (Å²) in [7, 11) is 4.09. The Hall–Kier alpha value is -5.96. The Morgan fingerprint density at radius 2 is 1.51 bits per heavy atom. The van der Waals surface area contributed by atoms with Gasteiger partial charge in [-0.1, -0.05) is 56.3 Å². The molecule has 3 aromatic carbocycles. The Labute approximate surface area is 342 Å². The molecule has 15 heteroatoms. The van der Waals surface area contributed by atoms with Crippen molar-refractivity contribution in [2.45, 2.75) is 89.2 Å². The first kappa shape index (κ1) is 39.8. The number of rotatable bonds is 11. The van der Waals surface area contributed by atoms with Crippen molar-refractivity contribution in [1.82, 2.24) is 40.4 Å². The molecule has 5 aromatic rings. The lowest BCUT2D eigenvalue weighted by Crippen LogP contribution is -2.56. The second-order valence-electron chi connectivity index (χ2n) is 16.3. The lowest BCUT2D eigenvalue weighted by Gasteiger charge is -2.37. The summed E-state index contributed by atoms with van der Waals surface area (Å²) < 4.78 is 15.1. The minimum atomic E-state index is -0.897. The molecule has 4 heterocycles. The van der Waals surface area contributed by atoms with Crippen LogP contribution in [-0.2, 0) is 23.8 Å². The van der Waals surface area contributed by atoms with Crippen LogP contribution in [0.3, 0.4) is 0 Å². The third kappa shape index (κ3) is 7.47. The van der Waals surface area contributed by atoms with E-state index in [1.54, 1.807) is 13.1 Å². The molecule has 15 nitrogen and oxygen atoms in total. The standard InChI is InChI=1S/C44H52N8O7/c1-23(2)35(49-43(55)58-5)41(53)51-19-7-8-34(51)39-45-22-33(47-39)26-11-9-25(10-12-26)27-14-17-31-28(20-27)15-18-32-37(31)48-40(46-32)38-29-13-16-30(21-29)52(38)42(54)36(24(3)57-4)50-44(56)59-6/h9-12,14-15,17-18,20,22-24,29-30,34-36,38H,7-8,13,16,19,21H2,1-6H3,(H,45,47)(H,46,48)(H,49,55)(H,50,56)/t24-,29+,30-,34+,35+,36+,38+/m1/s1. The lowest BCUT2D eigenvalue weighted by molar-refractivity contribution is -0.141. The van der Waals surface area contributed by atoms with Gasteiger partial charge in [0.1, 0.15) is 23.7 Å². The SMILES string of the molecule is COC(=O)N[C@H](C(=O)N1CCC[C@H]1c1ncc(-c2ccc(-c3ccc4c(ccc5[nH]c([C@@H]6[C@H]7CC[C@H](C7)N6C(=O)[C@@H](NC(=O)OC)[C@@H](C)OC)nc54)c3)cc2)[nH]1)C(C)C. The highest BCUT2D eigenvalue weighted by Gasteiger charge is 2.52. The summed E-state index contributed by atoms with van der Waals surface area (Å²) in [6.45, 7) is 6.16. The predicted octanol–water partition coefficient (Wildman–Crippen LogP) is 6.63. The van der Waals surface area contributed by atoms with E-state index in [1.165, 1.54) is 21.3 Å². The number of aromatic amines is 2. The van der Waals surface area contributed by atoms with E-state index in [2.05, 4.69) is 69.1 Å². The fourth-order valence-corrected chi connectivity index (χ4v) is 9.35. The number of amides is 4. The van der Waals surface area contributed by atoms with Crippen LogP contribution in [-0.4, -0.2) is 106 Å². The zero-order chi connectivity index (χ0) is 41.5. The normalized spacial score (nSPS) is 21.5. The second kappa shape index (κ2) is 16.4. The van der Waals surface area contributed by atoms with Gasteiger partial charge in [-0.3, -0.25) is 9.59 Å². The number of aromatic nitrogens is 4. The Kier molecular flexibility index (Phi) is 11.0. The highest BCUT2D eigenvalue weighted by Crippen LogP contribution is 2.50. The molecule has 1 aliphatic carbocycles. The number of H-pyrrole nitrogens is 2. The Morgan fingerprint density at radius 3 is 2.22 bits per heavy atom. The van der Waals surface area contributed by atoms with E-state index in [0.29, 0.717) is 6.54 Å². The molecule has 7 atom stereocenters. The van der Waals surface area contributed by atoms with Crippen molar-refractivity contribution < 1.29 is 33.4 Å². The predicted molar refractivity (Wildman–Crippen MR) is 221 cm³/mol. The number of carbonyl (C=O) groups is 4. The number of piperidine rings is 1. The van der Waals surface area contributed by atoms with Gasteiger partial charge in [0, 0.05) is 25.1 Å².